The Labute approximate surface area is 319 Å². The first kappa shape index (κ1) is 42.4. The zero-order valence-corrected chi connectivity index (χ0v) is 32.0. The number of hydrogen-bond donors (Lipinski definition) is 2. The van der Waals surface area contributed by atoms with Gasteiger partial charge in [0.1, 0.15) is 23.2 Å². The molecule has 1 saturated heterocycles. The number of methoxy groups -OCH3 is 2. The van der Waals surface area contributed by atoms with Gasteiger partial charge >= 0.3 is 17.6 Å². The summed E-state index contributed by atoms with van der Waals surface area (Å²) in [5, 5.41) is 9.05. The number of aromatic amines is 1. The predicted octanol–water partition coefficient (Wildman–Crippen LogP) is 5.23. The summed E-state index contributed by atoms with van der Waals surface area (Å²) in [5.74, 6) is -0.990. The van der Waals surface area contributed by atoms with Crippen molar-refractivity contribution in [1.82, 2.24) is 14.5 Å². The van der Waals surface area contributed by atoms with Crippen molar-refractivity contribution in [3.05, 3.63) is 128 Å². The predicted molar refractivity (Wildman–Crippen MR) is 203 cm³/mol. The van der Waals surface area contributed by atoms with E-state index in [1.54, 1.807) is 38.5 Å². The summed E-state index contributed by atoms with van der Waals surface area (Å²) in [6.07, 6.45) is -6.46. The monoisotopic (exact) mass is 763 g/mol. The maximum absolute atomic E-state index is 16.3. The zero-order valence-electron chi connectivity index (χ0n) is 32.0. The van der Waals surface area contributed by atoms with E-state index in [0.29, 0.717) is 28.2 Å². The summed E-state index contributed by atoms with van der Waals surface area (Å²) in [4.78, 5) is 53.1. The maximum atomic E-state index is 16.3. The molecule has 0 unspecified atom stereocenters. The molecule has 0 radical (unpaired) electrons. The number of benzene rings is 3. The van der Waals surface area contributed by atoms with Gasteiger partial charge < -0.3 is 33.7 Å². The van der Waals surface area contributed by atoms with Gasteiger partial charge in [-0.2, -0.15) is 0 Å². The Morgan fingerprint density at radius 2 is 1.38 bits per heavy atom. The molecule has 14 heteroatoms. The van der Waals surface area contributed by atoms with Crippen molar-refractivity contribution in [2.24, 2.45) is 0 Å². The maximum Gasteiger partial charge on any atom is 0.330 e. The molecule has 296 valence electrons. The number of halogens is 1. The molecule has 1 fully saturated rings. The number of esters is 1. The summed E-state index contributed by atoms with van der Waals surface area (Å²) in [6.45, 7) is 11.2. The van der Waals surface area contributed by atoms with Crippen LogP contribution in [0.3, 0.4) is 0 Å². The fraction of sp³-hybridized carbons (Fsp3) is 0.415. The van der Waals surface area contributed by atoms with Crippen LogP contribution in [0, 0.1) is 6.92 Å². The minimum absolute atomic E-state index is 0.127. The molecular formula is C41H50FN3O10. The highest BCUT2D eigenvalue weighted by molar-refractivity contribution is 5.76. The number of nitrogens with one attached hydrogen (secondary N) is 1. The lowest BCUT2D eigenvalue weighted by Crippen LogP contribution is -2.41. The molecule has 4 atom stereocenters. The number of aliphatic carboxylic acids is 1. The second-order valence-electron chi connectivity index (χ2n) is 12.8. The molecule has 4 aromatic rings. The quantitative estimate of drug-likeness (QED) is 0.114. The van der Waals surface area contributed by atoms with Crippen LogP contribution in [0.25, 0.3) is 0 Å². The van der Waals surface area contributed by atoms with Gasteiger partial charge in [-0.3, -0.25) is 23.9 Å². The molecule has 0 amide bonds. The highest BCUT2D eigenvalue weighted by atomic mass is 19.1. The average Bonchev–Trinajstić information content (AvgIpc) is 3.50. The summed E-state index contributed by atoms with van der Waals surface area (Å²) < 4.78 is 46.3. The van der Waals surface area contributed by atoms with Crippen molar-refractivity contribution >= 4 is 11.9 Å². The van der Waals surface area contributed by atoms with E-state index in [1.807, 2.05) is 54.6 Å². The normalized spacial score (nSPS) is 18.0. The molecule has 3 aromatic carbocycles. The number of aromatic nitrogens is 2. The first-order chi connectivity index (χ1) is 26.4. The molecule has 5 rings (SSSR count). The Kier molecular flexibility index (Phi) is 15.3. The molecule has 0 spiro atoms. The van der Waals surface area contributed by atoms with E-state index in [4.69, 9.17) is 28.8 Å². The molecule has 1 aliphatic heterocycles. The third-order valence-corrected chi connectivity index (χ3v) is 9.48. The number of alkyl halides is 1. The average molecular weight is 764 g/mol. The number of nitrogens with zero attached hydrogens (tertiary/aromatic N) is 2. The van der Waals surface area contributed by atoms with Gasteiger partial charge in [-0.1, -0.05) is 75.4 Å². The van der Waals surface area contributed by atoms with Crippen LogP contribution in [-0.4, -0.2) is 90.3 Å². The molecule has 0 saturated carbocycles. The molecule has 55 heavy (non-hydrogen) atoms. The Balaban J connectivity index is 0.000000876. The number of hydrogen-bond acceptors (Lipinski definition) is 10. The van der Waals surface area contributed by atoms with Crippen LogP contribution in [0.4, 0.5) is 4.39 Å². The van der Waals surface area contributed by atoms with Crippen molar-refractivity contribution < 1.29 is 42.8 Å². The third kappa shape index (κ3) is 10.3. The summed E-state index contributed by atoms with van der Waals surface area (Å²) in [5.41, 5.74) is -0.729. The number of H-pyrrole nitrogens is 1. The van der Waals surface area contributed by atoms with Crippen molar-refractivity contribution in [2.75, 3.05) is 40.5 Å². The molecule has 2 heterocycles. The van der Waals surface area contributed by atoms with Crippen molar-refractivity contribution in [1.29, 1.82) is 0 Å². The number of aryl methyl sites for hydroxylation is 1. The van der Waals surface area contributed by atoms with Gasteiger partial charge in [0.15, 0.2) is 18.5 Å². The summed E-state index contributed by atoms with van der Waals surface area (Å²) >= 11 is 0. The number of carboxylic acids is 1. The second kappa shape index (κ2) is 19.9. The van der Waals surface area contributed by atoms with Crippen molar-refractivity contribution in [2.45, 2.75) is 70.7 Å². The van der Waals surface area contributed by atoms with Crippen LogP contribution in [-0.2, 0) is 29.4 Å². The Morgan fingerprint density at radius 1 is 0.855 bits per heavy atom. The van der Waals surface area contributed by atoms with Crippen LogP contribution in [0.5, 0.6) is 11.5 Å². The SMILES string of the molecule is CCN(CC)CC.COc1ccc(C(OC[C@H]2O[C@@H](n3cc(C)c(=O)[nH]c3=O)[C@@H](F)[C@@H]2OC(=O)CCC(=O)O)(c2ccccc2)c2ccc(OC)cc2)cc1. The smallest absolute Gasteiger partial charge is 0.330 e. The number of carbonyl (C=O) groups is 2. The fourth-order valence-corrected chi connectivity index (χ4v) is 6.34. The Morgan fingerprint density at radius 3 is 1.85 bits per heavy atom. The Bertz CT molecular complexity index is 1890. The van der Waals surface area contributed by atoms with Gasteiger partial charge in [0.05, 0.1) is 33.7 Å². The topological polar surface area (TPSA) is 159 Å². The molecule has 2 N–H and O–H groups in total. The fourth-order valence-electron chi connectivity index (χ4n) is 6.34. The van der Waals surface area contributed by atoms with Crippen LogP contribution in [0.2, 0.25) is 0 Å². The third-order valence-electron chi connectivity index (χ3n) is 9.48. The van der Waals surface area contributed by atoms with E-state index in [-0.39, 0.29) is 12.2 Å². The lowest BCUT2D eigenvalue weighted by atomic mass is 9.80. The number of ether oxygens (including phenoxy) is 5. The molecule has 1 aliphatic rings. The molecular weight excluding hydrogens is 713 g/mol. The lowest BCUT2D eigenvalue weighted by Gasteiger charge is -2.37. The molecule has 0 aliphatic carbocycles. The van der Waals surface area contributed by atoms with E-state index < -0.39 is 66.2 Å². The van der Waals surface area contributed by atoms with Crippen LogP contribution in [0.15, 0.2) is 94.6 Å². The van der Waals surface area contributed by atoms with Gasteiger partial charge in [0.2, 0.25) is 0 Å². The molecule has 0 bridgehead atoms. The molecule has 1 aromatic heterocycles. The van der Waals surface area contributed by atoms with Crippen LogP contribution >= 0.6 is 0 Å². The van der Waals surface area contributed by atoms with Gasteiger partial charge in [-0.15, -0.1) is 0 Å². The number of carboxylic acid groups (broad SMARTS) is 1. The van der Waals surface area contributed by atoms with E-state index in [2.05, 4.69) is 30.7 Å². The summed E-state index contributed by atoms with van der Waals surface area (Å²) in [6, 6.07) is 23.7. The largest absolute Gasteiger partial charge is 0.497 e. The number of rotatable bonds is 16. The van der Waals surface area contributed by atoms with Gasteiger partial charge in [0.25, 0.3) is 5.56 Å². The number of carbonyl (C=O) groups excluding carboxylic acids is 1. The first-order valence-corrected chi connectivity index (χ1v) is 18.2. The molecule has 13 nitrogen and oxygen atoms in total. The van der Waals surface area contributed by atoms with E-state index in [1.165, 1.54) is 26.6 Å². The minimum atomic E-state index is -2.09. The van der Waals surface area contributed by atoms with Crippen LogP contribution in [0.1, 0.15) is 62.1 Å². The van der Waals surface area contributed by atoms with Gasteiger partial charge in [0, 0.05) is 11.8 Å². The second-order valence-corrected chi connectivity index (χ2v) is 12.8. The minimum Gasteiger partial charge on any atom is -0.497 e. The zero-order chi connectivity index (χ0) is 40.1. The van der Waals surface area contributed by atoms with Gasteiger partial charge in [-0.05, 0) is 67.5 Å². The Hall–Kier alpha value is -5.31. The first-order valence-electron chi connectivity index (χ1n) is 18.2. The highest BCUT2D eigenvalue weighted by Crippen LogP contribution is 2.43. The van der Waals surface area contributed by atoms with Crippen LogP contribution < -0.4 is 20.7 Å². The lowest BCUT2D eigenvalue weighted by molar-refractivity contribution is -0.159. The van der Waals surface area contributed by atoms with Crippen molar-refractivity contribution in [3.63, 3.8) is 0 Å². The summed E-state index contributed by atoms with van der Waals surface area (Å²) in [7, 11) is 3.10. The standard InChI is InChI=1S/C35H35FN2O10.C6H15N/c1-21-19-38(34(43)37-32(21)42)33-30(36)31(48-29(41)18-17-28(39)40)27(47-33)20-46-35(22-7-5-4-6-8-22,23-9-13-25(44-2)14-10-23)24-11-15-26(45-3)16-12-24;1-4-7(5-2)6-3/h4-16,19,27,30-31,33H,17-18,20H2,1-3H3,(H,39,40)(H,37,42,43);4-6H2,1-3H3/t27-,30+,31-,33-;/m1./s1. The van der Waals surface area contributed by atoms with E-state index in [0.717, 1.165) is 10.8 Å². The van der Waals surface area contributed by atoms with E-state index in [9.17, 15) is 19.2 Å². The highest BCUT2D eigenvalue weighted by Gasteiger charge is 2.50. The van der Waals surface area contributed by atoms with Gasteiger partial charge in [-0.25, -0.2) is 9.18 Å². The van der Waals surface area contributed by atoms with E-state index >= 15 is 4.39 Å². The van der Waals surface area contributed by atoms with Crippen molar-refractivity contribution in [3.8, 4) is 11.5 Å².